The average Bonchev–Trinajstić information content (AvgIpc) is 3.08. The smallest absolute Gasteiger partial charge is 0.277 e. The third-order valence-electron chi connectivity index (χ3n) is 2.84. The summed E-state index contributed by atoms with van der Waals surface area (Å²) in [5.74, 6) is -0.274. The Morgan fingerprint density at radius 1 is 1.43 bits per heavy atom. The summed E-state index contributed by atoms with van der Waals surface area (Å²) in [7, 11) is 1.81. The molecule has 0 spiro atoms. The van der Waals surface area contributed by atoms with Crippen molar-refractivity contribution in [2.75, 3.05) is 11.1 Å². The average molecular weight is 299 g/mol. The van der Waals surface area contributed by atoms with E-state index >= 15 is 0 Å². The van der Waals surface area contributed by atoms with E-state index in [1.54, 1.807) is 17.1 Å². The summed E-state index contributed by atoms with van der Waals surface area (Å²) in [4.78, 5) is 20.4. The Morgan fingerprint density at radius 2 is 2.29 bits per heavy atom. The molecule has 1 aromatic carbocycles. The fraction of sp³-hybridized carbons (Fsp3) is 0.0714. The summed E-state index contributed by atoms with van der Waals surface area (Å²) in [6.45, 7) is 0. The summed E-state index contributed by atoms with van der Waals surface area (Å²) in [5.41, 5.74) is 8.50. The lowest BCUT2D eigenvalue weighted by Crippen LogP contribution is -2.12. The SMILES string of the molecule is Cn1cnc(C(=O)Nc2nc(-c3cccc(N)c3)cs2)c1. The van der Waals surface area contributed by atoms with Gasteiger partial charge in [-0.25, -0.2) is 9.97 Å². The van der Waals surface area contributed by atoms with E-state index in [1.165, 1.54) is 11.3 Å². The van der Waals surface area contributed by atoms with Crippen LogP contribution in [0.5, 0.6) is 0 Å². The van der Waals surface area contributed by atoms with Gasteiger partial charge in [0.25, 0.3) is 5.91 Å². The molecule has 0 bridgehead atoms. The molecule has 0 atom stereocenters. The van der Waals surface area contributed by atoms with Crippen LogP contribution in [0.15, 0.2) is 42.2 Å². The topological polar surface area (TPSA) is 85.8 Å². The first-order valence-corrected chi connectivity index (χ1v) is 7.10. The Balaban J connectivity index is 1.78. The van der Waals surface area contributed by atoms with Crippen molar-refractivity contribution in [2.24, 2.45) is 7.05 Å². The second-order valence-electron chi connectivity index (χ2n) is 4.54. The number of nitrogen functional groups attached to an aromatic ring is 1. The van der Waals surface area contributed by atoms with E-state index < -0.39 is 0 Å². The maximum atomic E-state index is 12.0. The molecule has 106 valence electrons. The molecular formula is C14H13N5OS. The van der Waals surface area contributed by atoms with Crippen molar-refractivity contribution in [2.45, 2.75) is 0 Å². The number of nitrogens with one attached hydrogen (secondary N) is 1. The first-order chi connectivity index (χ1) is 10.1. The molecule has 0 aliphatic heterocycles. The van der Waals surface area contributed by atoms with Crippen LogP contribution in [-0.2, 0) is 7.05 Å². The zero-order valence-electron chi connectivity index (χ0n) is 11.3. The Labute approximate surface area is 125 Å². The standard InChI is InChI=1S/C14H13N5OS/c1-19-6-11(16-8-19)13(20)18-14-17-12(7-21-14)9-3-2-4-10(15)5-9/h2-8H,15H2,1H3,(H,17,18,20). The quantitative estimate of drug-likeness (QED) is 0.727. The number of anilines is 2. The van der Waals surface area contributed by atoms with E-state index in [0.29, 0.717) is 16.5 Å². The fourth-order valence-corrected chi connectivity index (χ4v) is 2.57. The lowest BCUT2D eigenvalue weighted by Gasteiger charge is -1.99. The number of rotatable bonds is 3. The number of nitrogens with two attached hydrogens (primary N) is 1. The predicted molar refractivity (Wildman–Crippen MR) is 83.1 cm³/mol. The van der Waals surface area contributed by atoms with Gasteiger partial charge in [-0.15, -0.1) is 11.3 Å². The Kier molecular flexibility index (Phi) is 3.41. The Hall–Kier alpha value is -2.67. The van der Waals surface area contributed by atoms with Gasteiger partial charge in [-0.1, -0.05) is 12.1 Å². The van der Waals surface area contributed by atoms with Crippen molar-refractivity contribution < 1.29 is 4.79 Å². The highest BCUT2D eigenvalue weighted by Gasteiger charge is 2.12. The third-order valence-corrected chi connectivity index (χ3v) is 3.60. The van der Waals surface area contributed by atoms with Crippen molar-refractivity contribution >= 4 is 28.1 Å². The van der Waals surface area contributed by atoms with Gasteiger partial charge in [0.05, 0.1) is 12.0 Å². The van der Waals surface area contributed by atoms with Crippen LogP contribution in [0.25, 0.3) is 11.3 Å². The van der Waals surface area contributed by atoms with Crippen molar-refractivity contribution in [3.8, 4) is 11.3 Å². The third kappa shape index (κ3) is 2.92. The number of amides is 1. The molecule has 0 unspecified atom stereocenters. The second kappa shape index (κ2) is 5.37. The van der Waals surface area contributed by atoms with Crippen LogP contribution < -0.4 is 11.1 Å². The van der Waals surface area contributed by atoms with Gasteiger partial charge in [0.1, 0.15) is 5.69 Å². The molecule has 2 heterocycles. The van der Waals surface area contributed by atoms with Crippen molar-refractivity contribution in [1.82, 2.24) is 14.5 Å². The Bertz CT molecular complexity index is 792. The summed E-state index contributed by atoms with van der Waals surface area (Å²) in [6, 6.07) is 7.46. The minimum Gasteiger partial charge on any atom is -0.399 e. The van der Waals surface area contributed by atoms with Crippen molar-refractivity contribution in [1.29, 1.82) is 0 Å². The molecule has 2 aromatic heterocycles. The molecule has 7 heteroatoms. The molecule has 0 saturated heterocycles. The van der Waals surface area contributed by atoms with Gasteiger partial charge < -0.3 is 10.3 Å². The fourth-order valence-electron chi connectivity index (χ4n) is 1.85. The number of thiazole rings is 1. The first-order valence-electron chi connectivity index (χ1n) is 6.22. The van der Waals surface area contributed by atoms with E-state index in [1.807, 2.05) is 36.7 Å². The normalized spacial score (nSPS) is 10.5. The van der Waals surface area contributed by atoms with Crippen molar-refractivity contribution in [3.05, 3.63) is 47.9 Å². The van der Waals surface area contributed by atoms with E-state index in [-0.39, 0.29) is 5.91 Å². The lowest BCUT2D eigenvalue weighted by molar-refractivity contribution is 0.102. The van der Waals surface area contributed by atoms with E-state index in [9.17, 15) is 4.79 Å². The van der Waals surface area contributed by atoms with Crippen LogP contribution in [0, 0.1) is 0 Å². The van der Waals surface area contributed by atoms with Gasteiger partial charge >= 0.3 is 0 Å². The van der Waals surface area contributed by atoms with E-state index in [4.69, 9.17) is 5.73 Å². The van der Waals surface area contributed by atoms with Gasteiger partial charge in [-0.05, 0) is 12.1 Å². The van der Waals surface area contributed by atoms with Gasteiger partial charge in [0.2, 0.25) is 0 Å². The van der Waals surface area contributed by atoms with E-state index in [2.05, 4.69) is 15.3 Å². The van der Waals surface area contributed by atoms with Crippen LogP contribution in [0.1, 0.15) is 10.5 Å². The zero-order valence-corrected chi connectivity index (χ0v) is 12.1. The van der Waals surface area contributed by atoms with Gasteiger partial charge in [0, 0.05) is 29.9 Å². The van der Waals surface area contributed by atoms with E-state index in [0.717, 1.165) is 11.3 Å². The molecule has 3 rings (SSSR count). The summed E-state index contributed by atoms with van der Waals surface area (Å²) < 4.78 is 1.72. The monoisotopic (exact) mass is 299 g/mol. The highest BCUT2D eigenvalue weighted by atomic mass is 32.1. The minimum atomic E-state index is -0.274. The Morgan fingerprint density at radius 3 is 3.00 bits per heavy atom. The first kappa shape index (κ1) is 13.3. The molecule has 1 amide bonds. The van der Waals surface area contributed by atoms with Gasteiger partial charge in [-0.3, -0.25) is 10.1 Å². The molecule has 0 saturated carbocycles. The molecule has 3 aromatic rings. The number of nitrogens with zero attached hydrogens (tertiary/aromatic N) is 3. The number of hydrogen-bond acceptors (Lipinski definition) is 5. The molecule has 0 fully saturated rings. The van der Waals surface area contributed by atoms with Crippen LogP contribution in [0.3, 0.4) is 0 Å². The zero-order chi connectivity index (χ0) is 14.8. The molecule has 6 nitrogen and oxygen atoms in total. The molecule has 0 radical (unpaired) electrons. The van der Waals surface area contributed by atoms with Crippen LogP contribution in [-0.4, -0.2) is 20.4 Å². The van der Waals surface area contributed by atoms with Crippen molar-refractivity contribution in [3.63, 3.8) is 0 Å². The maximum Gasteiger partial charge on any atom is 0.277 e. The highest BCUT2D eigenvalue weighted by Crippen LogP contribution is 2.26. The highest BCUT2D eigenvalue weighted by molar-refractivity contribution is 7.14. The predicted octanol–water partition coefficient (Wildman–Crippen LogP) is 2.38. The maximum absolute atomic E-state index is 12.0. The largest absolute Gasteiger partial charge is 0.399 e. The van der Waals surface area contributed by atoms with Crippen LogP contribution in [0.4, 0.5) is 10.8 Å². The molecule has 0 aliphatic carbocycles. The minimum absolute atomic E-state index is 0.274. The number of carbonyl (C=O) groups is 1. The molecular weight excluding hydrogens is 286 g/mol. The molecule has 0 aliphatic rings. The number of carbonyl (C=O) groups excluding carboxylic acids is 1. The number of imidazole rings is 1. The second-order valence-corrected chi connectivity index (χ2v) is 5.40. The molecule has 3 N–H and O–H groups in total. The van der Waals surface area contributed by atoms with Gasteiger partial charge in [0.15, 0.2) is 5.13 Å². The number of aryl methyl sites for hydroxylation is 1. The summed E-state index contributed by atoms with van der Waals surface area (Å²) in [5, 5.41) is 5.15. The number of benzene rings is 1. The summed E-state index contributed by atoms with van der Waals surface area (Å²) in [6.07, 6.45) is 3.23. The van der Waals surface area contributed by atoms with Gasteiger partial charge in [-0.2, -0.15) is 0 Å². The summed E-state index contributed by atoms with van der Waals surface area (Å²) >= 11 is 1.36. The molecule has 21 heavy (non-hydrogen) atoms. The van der Waals surface area contributed by atoms with Crippen LogP contribution in [0.2, 0.25) is 0 Å². The van der Waals surface area contributed by atoms with Crippen LogP contribution >= 0.6 is 11.3 Å². The lowest BCUT2D eigenvalue weighted by atomic mass is 10.1. The number of aromatic nitrogens is 3. The number of hydrogen-bond donors (Lipinski definition) is 2.